The highest BCUT2D eigenvalue weighted by Crippen LogP contribution is 2.26. The molecule has 1 unspecified atom stereocenters. The Morgan fingerprint density at radius 1 is 1.48 bits per heavy atom. The van der Waals surface area contributed by atoms with E-state index in [1.807, 2.05) is 0 Å². The highest BCUT2D eigenvalue weighted by Gasteiger charge is 2.33. The second-order valence-corrected chi connectivity index (χ2v) is 4.75. The van der Waals surface area contributed by atoms with Crippen LogP contribution in [0.5, 0.6) is 0 Å². The van der Waals surface area contributed by atoms with Crippen molar-refractivity contribution in [1.29, 1.82) is 0 Å². The second-order valence-electron chi connectivity index (χ2n) is 4.75. The molecule has 21 heavy (non-hydrogen) atoms. The Labute approximate surface area is 119 Å². The SMILES string of the molecule is CCOC(=O)c1nnn(C(C)C(=O)NC2CC2)c1C(F)F. The van der Waals surface area contributed by atoms with Crippen LogP contribution in [-0.4, -0.2) is 39.5 Å². The summed E-state index contributed by atoms with van der Waals surface area (Å²) in [5.41, 5.74) is -1.26. The lowest BCUT2D eigenvalue weighted by Crippen LogP contribution is -2.33. The smallest absolute Gasteiger partial charge is 0.361 e. The number of hydrogen-bond donors (Lipinski definition) is 1. The number of carbonyl (C=O) groups is 2. The van der Waals surface area contributed by atoms with Crippen LogP contribution in [0.3, 0.4) is 0 Å². The van der Waals surface area contributed by atoms with Crippen LogP contribution in [0.4, 0.5) is 8.78 Å². The molecule has 1 atom stereocenters. The van der Waals surface area contributed by atoms with Gasteiger partial charge in [-0.1, -0.05) is 5.21 Å². The van der Waals surface area contributed by atoms with Gasteiger partial charge < -0.3 is 10.1 Å². The summed E-state index contributed by atoms with van der Waals surface area (Å²) in [7, 11) is 0. The molecule has 1 saturated carbocycles. The molecule has 1 heterocycles. The van der Waals surface area contributed by atoms with Crippen LogP contribution in [-0.2, 0) is 9.53 Å². The summed E-state index contributed by atoms with van der Waals surface area (Å²) in [4.78, 5) is 23.5. The summed E-state index contributed by atoms with van der Waals surface area (Å²) in [6.07, 6.45) is -1.23. The highest BCUT2D eigenvalue weighted by atomic mass is 19.3. The van der Waals surface area contributed by atoms with Crippen LogP contribution in [0.25, 0.3) is 0 Å². The molecule has 9 heteroatoms. The van der Waals surface area contributed by atoms with E-state index >= 15 is 0 Å². The lowest BCUT2D eigenvalue weighted by atomic mass is 10.2. The molecule has 0 spiro atoms. The standard InChI is InChI=1S/C12H16F2N4O3/c1-3-21-12(20)8-9(10(13)14)18(17-16-8)6(2)11(19)15-7-4-5-7/h6-7,10H,3-5H2,1-2H3,(H,15,19). The van der Waals surface area contributed by atoms with Gasteiger partial charge in [0.05, 0.1) is 6.61 Å². The largest absolute Gasteiger partial charge is 0.461 e. The van der Waals surface area contributed by atoms with E-state index in [9.17, 15) is 18.4 Å². The van der Waals surface area contributed by atoms with Crippen LogP contribution in [0.1, 0.15) is 55.3 Å². The van der Waals surface area contributed by atoms with Crippen molar-refractivity contribution in [3.05, 3.63) is 11.4 Å². The number of hydrogen-bond acceptors (Lipinski definition) is 5. The van der Waals surface area contributed by atoms with Crippen LogP contribution >= 0.6 is 0 Å². The zero-order valence-electron chi connectivity index (χ0n) is 11.7. The van der Waals surface area contributed by atoms with Gasteiger partial charge in [-0.05, 0) is 26.7 Å². The van der Waals surface area contributed by atoms with Gasteiger partial charge in [-0.15, -0.1) is 5.10 Å². The molecule has 116 valence electrons. The van der Waals surface area contributed by atoms with Gasteiger partial charge in [0.25, 0.3) is 6.43 Å². The fraction of sp³-hybridized carbons (Fsp3) is 0.667. The number of aromatic nitrogens is 3. The Hall–Kier alpha value is -2.06. The molecule has 1 fully saturated rings. The Morgan fingerprint density at radius 2 is 2.14 bits per heavy atom. The minimum absolute atomic E-state index is 0.0338. The molecule has 1 aliphatic carbocycles. The third-order valence-corrected chi connectivity index (χ3v) is 3.08. The topological polar surface area (TPSA) is 86.1 Å². The molecule has 0 aromatic carbocycles. The Kier molecular flexibility index (Phi) is 4.49. The monoisotopic (exact) mass is 302 g/mol. The molecule has 0 bridgehead atoms. The number of amides is 1. The van der Waals surface area contributed by atoms with E-state index < -0.39 is 35.7 Å². The first kappa shape index (κ1) is 15.3. The minimum Gasteiger partial charge on any atom is -0.461 e. The predicted octanol–water partition coefficient (Wildman–Crippen LogP) is 1.23. The molecule has 0 saturated heterocycles. The van der Waals surface area contributed by atoms with Crippen molar-refractivity contribution in [3.63, 3.8) is 0 Å². The predicted molar refractivity (Wildman–Crippen MR) is 66.8 cm³/mol. The molecule has 0 radical (unpaired) electrons. The van der Waals surface area contributed by atoms with Gasteiger partial charge in [-0.3, -0.25) is 4.79 Å². The molecule has 1 aliphatic rings. The maximum absolute atomic E-state index is 13.2. The van der Waals surface area contributed by atoms with Crippen LogP contribution in [0.15, 0.2) is 0 Å². The zero-order valence-corrected chi connectivity index (χ0v) is 11.7. The number of carbonyl (C=O) groups excluding carboxylic acids is 2. The van der Waals surface area contributed by atoms with Crippen molar-refractivity contribution in [2.75, 3.05) is 6.61 Å². The molecule has 2 rings (SSSR count). The van der Waals surface area contributed by atoms with Gasteiger partial charge in [-0.2, -0.15) is 0 Å². The second kappa shape index (κ2) is 6.15. The third-order valence-electron chi connectivity index (χ3n) is 3.08. The Morgan fingerprint density at radius 3 is 2.67 bits per heavy atom. The fourth-order valence-electron chi connectivity index (χ4n) is 1.80. The third kappa shape index (κ3) is 3.34. The van der Waals surface area contributed by atoms with Crippen molar-refractivity contribution in [2.24, 2.45) is 0 Å². The number of ether oxygens (including phenoxy) is 1. The first-order valence-corrected chi connectivity index (χ1v) is 6.66. The average molecular weight is 302 g/mol. The van der Waals surface area contributed by atoms with E-state index in [0.29, 0.717) is 0 Å². The number of nitrogens with one attached hydrogen (secondary N) is 1. The lowest BCUT2D eigenvalue weighted by molar-refractivity contribution is -0.124. The summed E-state index contributed by atoms with van der Waals surface area (Å²) in [6.45, 7) is 3.01. The van der Waals surface area contributed by atoms with Gasteiger partial charge in [0.15, 0.2) is 5.69 Å². The number of alkyl halides is 2. The van der Waals surface area contributed by atoms with Gasteiger partial charge in [-0.25, -0.2) is 18.3 Å². The number of halogens is 2. The number of rotatable bonds is 6. The van der Waals surface area contributed by atoms with Crippen molar-refractivity contribution < 1.29 is 23.1 Å². The fourth-order valence-corrected chi connectivity index (χ4v) is 1.80. The number of nitrogens with zero attached hydrogens (tertiary/aromatic N) is 3. The van der Waals surface area contributed by atoms with E-state index in [2.05, 4.69) is 20.4 Å². The van der Waals surface area contributed by atoms with Crippen molar-refractivity contribution in [2.45, 2.75) is 45.2 Å². The molecule has 1 amide bonds. The van der Waals surface area contributed by atoms with Crippen LogP contribution < -0.4 is 5.32 Å². The molecule has 0 aliphatic heterocycles. The summed E-state index contributed by atoms with van der Waals surface area (Å²) >= 11 is 0. The van der Waals surface area contributed by atoms with Gasteiger partial charge in [0, 0.05) is 6.04 Å². The zero-order chi connectivity index (χ0) is 15.6. The van der Waals surface area contributed by atoms with E-state index in [1.165, 1.54) is 6.92 Å². The van der Waals surface area contributed by atoms with E-state index in [-0.39, 0.29) is 12.6 Å². The first-order chi connectivity index (χ1) is 9.95. The van der Waals surface area contributed by atoms with Crippen molar-refractivity contribution in [1.82, 2.24) is 20.3 Å². The Balaban J connectivity index is 2.25. The highest BCUT2D eigenvalue weighted by molar-refractivity contribution is 5.88. The lowest BCUT2D eigenvalue weighted by Gasteiger charge is -2.14. The maximum atomic E-state index is 13.2. The van der Waals surface area contributed by atoms with E-state index in [0.717, 1.165) is 17.5 Å². The van der Waals surface area contributed by atoms with E-state index in [1.54, 1.807) is 6.92 Å². The molecular weight excluding hydrogens is 286 g/mol. The summed E-state index contributed by atoms with van der Waals surface area (Å²) in [5.74, 6) is -1.41. The summed E-state index contributed by atoms with van der Waals surface area (Å²) < 4.78 is 31.8. The van der Waals surface area contributed by atoms with Crippen LogP contribution in [0, 0.1) is 0 Å². The quantitative estimate of drug-likeness (QED) is 0.799. The molecule has 1 N–H and O–H groups in total. The van der Waals surface area contributed by atoms with Gasteiger partial charge in [0.2, 0.25) is 5.91 Å². The average Bonchev–Trinajstić information content (AvgIpc) is 3.12. The molecular formula is C12H16F2N4O3. The van der Waals surface area contributed by atoms with E-state index in [4.69, 9.17) is 0 Å². The maximum Gasteiger partial charge on any atom is 0.361 e. The molecule has 1 aromatic rings. The minimum atomic E-state index is -2.99. The van der Waals surface area contributed by atoms with Crippen molar-refractivity contribution in [3.8, 4) is 0 Å². The van der Waals surface area contributed by atoms with Crippen molar-refractivity contribution >= 4 is 11.9 Å². The molecule has 1 aromatic heterocycles. The van der Waals surface area contributed by atoms with Crippen LogP contribution in [0.2, 0.25) is 0 Å². The first-order valence-electron chi connectivity index (χ1n) is 6.66. The van der Waals surface area contributed by atoms with Gasteiger partial charge >= 0.3 is 5.97 Å². The summed E-state index contributed by atoms with van der Waals surface area (Å²) in [6, 6.07) is -0.881. The Bertz CT molecular complexity index is 543. The molecule has 7 nitrogen and oxygen atoms in total. The summed E-state index contributed by atoms with van der Waals surface area (Å²) in [5, 5.41) is 9.64. The number of esters is 1. The normalized spacial score (nSPS) is 15.9. The van der Waals surface area contributed by atoms with Gasteiger partial charge in [0.1, 0.15) is 11.7 Å².